The summed E-state index contributed by atoms with van der Waals surface area (Å²) in [5.74, 6) is -0.0276. The van der Waals surface area contributed by atoms with Crippen LogP contribution in [-0.4, -0.2) is 33.2 Å². The molecule has 2 aromatic rings. The summed E-state index contributed by atoms with van der Waals surface area (Å²) in [6, 6.07) is 2.60. The lowest BCUT2D eigenvalue weighted by Crippen LogP contribution is -2.31. The van der Waals surface area contributed by atoms with Gasteiger partial charge in [-0.05, 0) is 30.2 Å². The van der Waals surface area contributed by atoms with Gasteiger partial charge in [-0.2, -0.15) is 31.4 Å². The molecule has 1 aliphatic heterocycles. The standard InChI is InChI=1S/C19H18F6N4O3/c1-11(30)26-16-8-15-9-28(3-2-4-29(15)27-16)17(31)32-10-12-5-13(18(20,21)22)7-14(6-12)19(23,24)25/h5-8H,2-4,9-10H2,1H3,(H,26,27,30). The predicted molar refractivity (Wildman–Crippen MR) is 98.2 cm³/mol. The number of nitrogens with one attached hydrogen (secondary N) is 1. The Hall–Kier alpha value is -3.25. The normalized spacial score (nSPS) is 14.5. The number of amides is 2. The van der Waals surface area contributed by atoms with Gasteiger partial charge < -0.3 is 15.0 Å². The molecule has 0 aliphatic carbocycles. The summed E-state index contributed by atoms with van der Waals surface area (Å²) < 4.78 is 84.4. The van der Waals surface area contributed by atoms with Gasteiger partial charge in [0, 0.05) is 26.1 Å². The molecule has 7 nitrogen and oxygen atoms in total. The van der Waals surface area contributed by atoms with E-state index < -0.39 is 41.7 Å². The highest BCUT2D eigenvalue weighted by atomic mass is 19.4. The second-order valence-corrected chi connectivity index (χ2v) is 7.17. The van der Waals surface area contributed by atoms with E-state index in [4.69, 9.17) is 4.74 Å². The number of halogens is 6. The molecule has 0 saturated heterocycles. The Kier molecular flexibility index (Phi) is 6.37. The molecule has 1 N–H and O–H groups in total. The van der Waals surface area contributed by atoms with E-state index >= 15 is 0 Å². The molecule has 2 heterocycles. The van der Waals surface area contributed by atoms with Gasteiger partial charge in [0.15, 0.2) is 5.82 Å². The Morgan fingerprint density at radius 2 is 1.66 bits per heavy atom. The average Bonchev–Trinajstić information content (AvgIpc) is 2.92. The first kappa shape index (κ1) is 23.4. The molecule has 0 unspecified atom stereocenters. The quantitative estimate of drug-likeness (QED) is 0.683. The monoisotopic (exact) mass is 464 g/mol. The fourth-order valence-corrected chi connectivity index (χ4v) is 3.20. The number of alkyl halides is 6. The molecule has 0 saturated carbocycles. The van der Waals surface area contributed by atoms with E-state index in [9.17, 15) is 35.9 Å². The molecule has 174 valence electrons. The van der Waals surface area contributed by atoms with Crippen molar-refractivity contribution in [2.45, 2.75) is 45.4 Å². The minimum atomic E-state index is -4.99. The van der Waals surface area contributed by atoms with Crippen LogP contribution in [0.25, 0.3) is 0 Å². The number of carbonyl (C=O) groups is 2. The Labute approximate surface area is 177 Å². The summed E-state index contributed by atoms with van der Waals surface area (Å²) in [6.45, 7) is 1.28. The zero-order valence-corrected chi connectivity index (χ0v) is 16.7. The second-order valence-electron chi connectivity index (χ2n) is 7.17. The number of fused-ring (bicyclic) bond motifs is 1. The molecular formula is C19H18F6N4O3. The van der Waals surface area contributed by atoms with Gasteiger partial charge in [0.05, 0.1) is 23.4 Å². The maximum absolute atomic E-state index is 13.0. The number of aromatic nitrogens is 2. The number of benzene rings is 1. The molecule has 1 aromatic heterocycles. The summed E-state index contributed by atoms with van der Waals surface area (Å²) >= 11 is 0. The highest BCUT2D eigenvalue weighted by Gasteiger charge is 2.37. The minimum Gasteiger partial charge on any atom is -0.445 e. The highest BCUT2D eigenvalue weighted by Crippen LogP contribution is 2.36. The number of hydrogen-bond acceptors (Lipinski definition) is 4. The van der Waals surface area contributed by atoms with Crippen LogP contribution in [0.4, 0.5) is 37.0 Å². The van der Waals surface area contributed by atoms with Crippen LogP contribution in [0.1, 0.15) is 35.7 Å². The Morgan fingerprint density at radius 1 is 1.03 bits per heavy atom. The predicted octanol–water partition coefficient (Wildman–Crippen LogP) is 4.42. The number of aryl methyl sites for hydroxylation is 1. The third-order valence-electron chi connectivity index (χ3n) is 4.59. The van der Waals surface area contributed by atoms with Gasteiger partial charge in [-0.25, -0.2) is 4.79 Å². The molecule has 0 bridgehead atoms. The molecule has 3 rings (SSSR count). The molecule has 2 amide bonds. The first-order valence-electron chi connectivity index (χ1n) is 9.37. The second kappa shape index (κ2) is 8.71. The van der Waals surface area contributed by atoms with Gasteiger partial charge in [-0.1, -0.05) is 0 Å². The van der Waals surface area contributed by atoms with E-state index in [0.717, 1.165) is 0 Å². The van der Waals surface area contributed by atoms with Crippen molar-refractivity contribution in [3.63, 3.8) is 0 Å². The lowest BCUT2D eigenvalue weighted by molar-refractivity contribution is -0.143. The van der Waals surface area contributed by atoms with Gasteiger partial charge >= 0.3 is 18.4 Å². The Bertz CT molecular complexity index is 983. The molecule has 1 aliphatic rings. The number of hydrogen-bond donors (Lipinski definition) is 1. The van der Waals surface area contributed by atoms with Gasteiger partial charge in [0.25, 0.3) is 0 Å². The van der Waals surface area contributed by atoms with Crippen LogP contribution in [0.3, 0.4) is 0 Å². The third-order valence-corrected chi connectivity index (χ3v) is 4.59. The number of ether oxygens (including phenoxy) is 1. The van der Waals surface area contributed by atoms with Gasteiger partial charge in [-0.15, -0.1) is 0 Å². The first-order valence-corrected chi connectivity index (χ1v) is 9.37. The van der Waals surface area contributed by atoms with Gasteiger partial charge in [0.2, 0.25) is 5.91 Å². The zero-order chi connectivity index (χ0) is 23.7. The average molecular weight is 464 g/mol. The first-order chi connectivity index (χ1) is 14.8. The SMILES string of the molecule is CC(=O)Nc1cc2n(n1)CCCN(C(=O)OCc1cc(C(F)(F)F)cc(C(F)(F)F)c1)C2. The summed E-state index contributed by atoms with van der Waals surface area (Å²) in [4.78, 5) is 24.9. The topological polar surface area (TPSA) is 76.5 Å². The largest absolute Gasteiger partial charge is 0.445 e. The Balaban J connectivity index is 1.72. The molecule has 0 atom stereocenters. The van der Waals surface area contributed by atoms with Crippen LogP contribution in [0.2, 0.25) is 0 Å². The van der Waals surface area contributed by atoms with E-state index in [1.807, 2.05) is 0 Å². The maximum atomic E-state index is 13.0. The molecular weight excluding hydrogens is 446 g/mol. The maximum Gasteiger partial charge on any atom is 0.416 e. The lowest BCUT2D eigenvalue weighted by Gasteiger charge is -2.20. The van der Waals surface area contributed by atoms with Crippen molar-refractivity contribution < 1.29 is 40.7 Å². The third kappa shape index (κ3) is 5.71. The number of carbonyl (C=O) groups excluding carboxylic acids is 2. The van der Waals surface area contributed by atoms with Crippen LogP contribution in [0.5, 0.6) is 0 Å². The van der Waals surface area contributed by atoms with Crippen LogP contribution in [0, 0.1) is 0 Å². The summed E-state index contributed by atoms with van der Waals surface area (Å²) in [6.07, 6.45) is -10.4. The van der Waals surface area contributed by atoms with Crippen molar-refractivity contribution >= 4 is 17.8 Å². The molecule has 0 spiro atoms. The zero-order valence-electron chi connectivity index (χ0n) is 16.7. The molecule has 0 fully saturated rings. The number of rotatable bonds is 3. The molecule has 0 radical (unpaired) electrons. The van der Waals surface area contributed by atoms with E-state index in [2.05, 4.69) is 10.4 Å². The van der Waals surface area contributed by atoms with Crippen LogP contribution >= 0.6 is 0 Å². The van der Waals surface area contributed by atoms with Crippen molar-refractivity contribution in [1.29, 1.82) is 0 Å². The summed E-state index contributed by atoms with van der Waals surface area (Å²) in [5, 5.41) is 6.72. The van der Waals surface area contributed by atoms with Crippen molar-refractivity contribution in [2.75, 3.05) is 11.9 Å². The Morgan fingerprint density at radius 3 is 2.22 bits per heavy atom. The number of anilines is 1. The van der Waals surface area contributed by atoms with E-state index in [-0.39, 0.29) is 25.1 Å². The highest BCUT2D eigenvalue weighted by molar-refractivity contribution is 5.87. The number of nitrogens with zero attached hydrogens (tertiary/aromatic N) is 3. The van der Waals surface area contributed by atoms with Crippen LogP contribution in [0.15, 0.2) is 24.3 Å². The van der Waals surface area contributed by atoms with Crippen molar-refractivity contribution in [3.8, 4) is 0 Å². The van der Waals surface area contributed by atoms with Crippen molar-refractivity contribution in [2.24, 2.45) is 0 Å². The fraction of sp³-hybridized carbons (Fsp3) is 0.421. The van der Waals surface area contributed by atoms with Gasteiger partial charge in [0.1, 0.15) is 6.61 Å². The fourth-order valence-electron chi connectivity index (χ4n) is 3.20. The van der Waals surface area contributed by atoms with Crippen LogP contribution in [-0.2, 0) is 41.6 Å². The van der Waals surface area contributed by atoms with Gasteiger partial charge in [-0.3, -0.25) is 9.48 Å². The van der Waals surface area contributed by atoms with E-state index in [0.29, 0.717) is 36.6 Å². The summed E-state index contributed by atoms with van der Waals surface area (Å²) in [7, 11) is 0. The lowest BCUT2D eigenvalue weighted by atomic mass is 10.1. The van der Waals surface area contributed by atoms with E-state index in [1.54, 1.807) is 10.7 Å². The van der Waals surface area contributed by atoms with Crippen molar-refractivity contribution in [1.82, 2.24) is 14.7 Å². The minimum absolute atomic E-state index is 0.00788. The van der Waals surface area contributed by atoms with Crippen molar-refractivity contribution in [3.05, 3.63) is 46.6 Å². The van der Waals surface area contributed by atoms with E-state index in [1.165, 1.54) is 11.8 Å². The smallest absolute Gasteiger partial charge is 0.416 e. The molecule has 1 aromatic carbocycles. The summed E-state index contributed by atoms with van der Waals surface area (Å²) in [5.41, 5.74) is -2.82. The molecule has 13 heteroatoms. The molecule has 32 heavy (non-hydrogen) atoms. The van der Waals surface area contributed by atoms with Crippen LogP contribution < -0.4 is 5.32 Å².